The molecule has 0 aliphatic rings. The highest BCUT2D eigenvalue weighted by Gasteiger charge is 2.08. The van der Waals surface area contributed by atoms with Gasteiger partial charge in [-0.1, -0.05) is 0 Å². The summed E-state index contributed by atoms with van der Waals surface area (Å²) in [5, 5.41) is -0.475. The lowest BCUT2D eigenvalue weighted by atomic mass is 10.2. The summed E-state index contributed by atoms with van der Waals surface area (Å²) in [5.74, 6) is 0.622. The van der Waals surface area contributed by atoms with E-state index >= 15 is 0 Å². The van der Waals surface area contributed by atoms with E-state index in [1.807, 2.05) is 0 Å². The number of aromatic nitrogens is 1. The minimum Gasteiger partial charge on any atom is -0.444 e. The molecular formula is C10H9ClN2O3S. The fourth-order valence-corrected chi connectivity index (χ4v) is 1.98. The van der Waals surface area contributed by atoms with Crippen LogP contribution < -0.4 is 4.72 Å². The number of rotatable bonds is 4. The Labute approximate surface area is 103 Å². The molecule has 1 N–H and O–H groups in total. The van der Waals surface area contributed by atoms with Gasteiger partial charge < -0.3 is 4.42 Å². The van der Waals surface area contributed by atoms with Crippen molar-refractivity contribution in [2.75, 3.05) is 9.93 Å². The Bertz CT molecular complexity index is 579. The normalized spacial score (nSPS) is 11.4. The predicted octanol–water partition coefficient (Wildman–Crippen LogP) is 2.28. The summed E-state index contributed by atoms with van der Waals surface area (Å²) in [6.07, 6.45) is 2.91. The molecule has 0 amide bonds. The number of hydrogen-bond donors (Lipinski definition) is 1. The van der Waals surface area contributed by atoms with Crippen molar-refractivity contribution in [3.63, 3.8) is 0 Å². The van der Waals surface area contributed by atoms with Gasteiger partial charge in [0.25, 0.3) is 0 Å². The van der Waals surface area contributed by atoms with E-state index in [9.17, 15) is 8.42 Å². The van der Waals surface area contributed by atoms with Gasteiger partial charge in [-0.15, -0.1) is 11.6 Å². The second-order valence-corrected chi connectivity index (χ2v) is 5.58. The Morgan fingerprint density at radius 1 is 1.29 bits per heavy atom. The van der Waals surface area contributed by atoms with E-state index in [0.717, 1.165) is 5.56 Å². The first-order chi connectivity index (χ1) is 8.11. The Kier molecular flexibility index (Phi) is 3.35. The fraction of sp³-hybridized carbons (Fsp3) is 0.100. The maximum Gasteiger partial charge on any atom is 0.246 e. The molecule has 0 aliphatic heterocycles. The number of halogens is 1. The highest BCUT2D eigenvalue weighted by Crippen LogP contribution is 2.21. The molecule has 0 spiro atoms. The molecule has 5 nitrogen and oxygen atoms in total. The van der Waals surface area contributed by atoms with Crippen molar-refractivity contribution in [1.29, 1.82) is 0 Å². The van der Waals surface area contributed by atoms with Gasteiger partial charge in [0.2, 0.25) is 10.0 Å². The Balaban J connectivity index is 2.19. The highest BCUT2D eigenvalue weighted by molar-refractivity contribution is 7.93. The Morgan fingerprint density at radius 2 is 2.00 bits per heavy atom. The van der Waals surface area contributed by atoms with E-state index in [1.165, 1.54) is 6.39 Å². The van der Waals surface area contributed by atoms with E-state index in [4.69, 9.17) is 16.0 Å². The maximum absolute atomic E-state index is 11.2. The molecule has 2 rings (SSSR count). The molecule has 0 aliphatic carbocycles. The lowest BCUT2D eigenvalue weighted by molar-refractivity contribution is 0.572. The van der Waals surface area contributed by atoms with Gasteiger partial charge in [-0.3, -0.25) is 4.72 Å². The molecule has 1 heterocycles. The summed E-state index contributed by atoms with van der Waals surface area (Å²) in [7, 11) is -3.46. The summed E-state index contributed by atoms with van der Waals surface area (Å²) < 4.78 is 29.9. The lowest BCUT2D eigenvalue weighted by Crippen LogP contribution is -2.13. The first-order valence-electron chi connectivity index (χ1n) is 4.66. The van der Waals surface area contributed by atoms with Crippen LogP contribution in [-0.2, 0) is 10.0 Å². The van der Waals surface area contributed by atoms with Gasteiger partial charge in [0.05, 0.1) is 6.20 Å². The third-order valence-electron chi connectivity index (χ3n) is 2.02. The number of oxazole rings is 1. The van der Waals surface area contributed by atoms with Crippen LogP contribution in [0.3, 0.4) is 0 Å². The number of sulfonamides is 1. The molecule has 0 saturated heterocycles. The Morgan fingerprint density at radius 3 is 2.53 bits per heavy atom. The lowest BCUT2D eigenvalue weighted by Gasteiger charge is -2.05. The minimum absolute atomic E-state index is 0.453. The van der Waals surface area contributed by atoms with Crippen LogP contribution in [0.15, 0.2) is 41.3 Å². The van der Waals surface area contributed by atoms with E-state index in [2.05, 4.69) is 9.71 Å². The standard InChI is InChI=1S/C10H9ClN2O3S/c11-6-17(14,15)13-9-3-1-8(2-4-9)10-5-12-7-16-10/h1-5,7,13H,6H2. The van der Waals surface area contributed by atoms with Crippen molar-refractivity contribution < 1.29 is 12.8 Å². The summed E-state index contributed by atoms with van der Waals surface area (Å²) in [5.41, 5.74) is 1.27. The average Bonchev–Trinajstić information content (AvgIpc) is 2.83. The zero-order valence-corrected chi connectivity index (χ0v) is 10.2. The molecular weight excluding hydrogens is 264 g/mol. The zero-order valence-electron chi connectivity index (χ0n) is 8.63. The first-order valence-corrected chi connectivity index (χ1v) is 6.85. The van der Waals surface area contributed by atoms with Crippen LogP contribution in [0.2, 0.25) is 0 Å². The minimum atomic E-state index is -3.46. The van der Waals surface area contributed by atoms with Gasteiger partial charge in [0.15, 0.2) is 12.2 Å². The van der Waals surface area contributed by atoms with Crippen LogP contribution >= 0.6 is 11.6 Å². The van der Waals surface area contributed by atoms with Gasteiger partial charge in [-0.2, -0.15) is 0 Å². The van der Waals surface area contributed by atoms with Crippen LogP contribution in [0.5, 0.6) is 0 Å². The van der Waals surface area contributed by atoms with Gasteiger partial charge in [0, 0.05) is 11.3 Å². The number of alkyl halides is 1. The number of anilines is 1. The largest absolute Gasteiger partial charge is 0.444 e. The molecule has 0 unspecified atom stereocenters. The smallest absolute Gasteiger partial charge is 0.246 e. The van der Waals surface area contributed by atoms with E-state index in [-0.39, 0.29) is 0 Å². The van der Waals surface area contributed by atoms with Gasteiger partial charge >= 0.3 is 0 Å². The fourth-order valence-electron chi connectivity index (χ4n) is 1.27. The maximum atomic E-state index is 11.2. The van der Waals surface area contributed by atoms with Crippen molar-refractivity contribution in [1.82, 2.24) is 4.98 Å². The van der Waals surface area contributed by atoms with Crippen molar-refractivity contribution >= 4 is 27.3 Å². The van der Waals surface area contributed by atoms with Crippen LogP contribution in [0, 0.1) is 0 Å². The topological polar surface area (TPSA) is 72.2 Å². The molecule has 0 fully saturated rings. The number of nitrogens with zero attached hydrogens (tertiary/aromatic N) is 1. The zero-order chi connectivity index (χ0) is 12.3. The highest BCUT2D eigenvalue weighted by atomic mass is 35.5. The molecule has 1 aromatic carbocycles. The molecule has 1 aromatic heterocycles. The Hall–Kier alpha value is -1.53. The molecule has 7 heteroatoms. The van der Waals surface area contributed by atoms with Gasteiger partial charge in [0.1, 0.15) is 5.21 Å². The van der Waals surface area contributed by atoms with Crippen molar-refractivity contribution in [3.05, 3.63) is 36.9 Å². The third kappa shape index (κ3) is 2.98. The predicted molar refractivity (Wildman–Crippen MR) is 65.2 cm³/mol. The number of nitrogens with one attached hydrogen (secondary N) is 1. The van der Waals surface area contributed by atoms with Crippen LogP contribution in [0.4, 0.5) is 5.69 Å². The van der Waals surface area contributed by atoms with Crippen LogP contribution in [0.25, 0.3) is 11.3 Å². The monoisotopic (exact) mass is 272 g/mol. The molecule has 90 valence electrons. The SMILES string of the molecule is O=S(=O)(CCl)Nc1ccc(-c2cnco2)cc1. The summed E-state index contributed by atoms with van der Waals surface area (Å²) >= 11 is 5.28. The van der Waals surface area contributed by atoms with E-state index < -0.39 is 15.2 Å². The number of hydrogen-bond acceptors (Lipinski definition) is 4. The molecule has 0 bridgehead atoms. The molecule has 0 saturated carbocycles. The molecule has 0 radical (unpaired) electrons. The summed E-state index contributed by atoms with van der Waals surface area (Å²) in [6, 6.07) is 6.71. The van der Waals surface area contributed by atoms with E-state index in [1.54, 1.807) is 30.5 Å². The second-order valence-electron chi connectivity index (χ2n) is 3.27. The van der Waals surface area contributed by atoms with Crippen LogP contribution in [0.1, 0.15) is 0 Å². The second kappa shape index (κ2) is 4.77. The van der Waals surface area contributed by atoms with Crippen molar-refractivity contribution in [2.24, 2.45) is 0 Å². The van der Waals surface area contributed by atoms with Crippen molar-refractivity contribution in [3.8, 4) is 11.3 Å². The number of benzene rings is 1. The molecule has 17 heavy (non-hydrogen) atoms. The summed E-state index contributed by atoms with van der Waals surface area (Å²) in [4.78, 5) is 3.80. The first kappa shape index (κ1) is 11.9. The van der Waals surface area contributed by atoms with Gasteiger partial charge in [-0.05, 0) is 24.3 Å². The summed E-state index contributed by atoms with van der Waals surface area (Å²) in [6.45, 7) is 0. The van der Waals surface area contributed by atoms with Crippen molar-refractivity contribution in [2.45, 2.75) is 0 Å². The van der Waals surface area contributed by atoms with E-state index in [0.29, 0.717) is 11.4 Å². The van der Waals surface area contributed by atoms with Crippen LogP contribution in [-0.4, -0.2) is 18.6 Å². The van der Waals surface area contributed by atoms with Gasteiger partial charge in [-0.25, -0.2) is 13.4 Å². The molecule has 0 atom stereocenters. The average molecular weight is 273 g/mol. The quantitative estimate of drug-likeness (QED) is 0.867. The third-order valence-corrected chi connectivity index (χ3v) is 3.71. The molecule has 2 aromatic rings.